The molecule has 1 aromatic heterocycles. The van der Waals surface area contributed by atoms with Crippen LogP contribution < -0.4 is 0 Å². The standard InChI is InChI=1S/C29H32FN/c1-5-7-19(2)16-20(3)23-12-15-25(21(4)17-23)26-8-6-9-28-27(26)18-29(31-28)22-10-13-24(30)14-11-22/h6,8-15,17-20,31H,5,7,16H2,1-4H3. The average molecular weight is 414 g/mol. The monoisotopic (exact) mass is 413 g/mol. The van der Waals surface area contributed by atoms with Crippen LogP contribution in [0.2, 0.25) is 0 Å². The van der Waals surface area contributed by atoms with Crippen LogP contribution in [-0.4, -0.2) is 4.98 Å². The van der Waals surface area contributed by atoms with Crippen LogP contribution in [0.25, 0.3) is 33.3 Å². The highest BCUT2D eigenvalue weighted by atomic mass is 19.1. The molecule has 0 bridgehead atoms. The molecule has 4 rings (SSSR count). The number of H-pyrrole nitrogens is 1. The number of hydrogen-bond donors (Lipinski definition) is 1. The van der Waals surface area contributed by atoms with Crippen molar-refractivity contribution in [3.05, 3.63) is 83.7 Å². The Labute approximate surface area is 185 Å². The van der Waals surface area contributed by atoms with Gasteiger partial charge >= 0.3 is 0 Å². The van der Waals surface area contributed by atoms with Crippen molar-refractivity contribution in [1.29, 1.82) is 0 Å². The molecular formula is C29H32FN. The summed E-state index contributed by atoms with van der Waals surface area (Å²) in [6, 6.07) is 22.2. The number of aromatic amines is 1. The number of benzene rings is 3. The van der Waals surface area contributed by atoms with Crippen molar-refractivity contribution < 1.29 is 4.39 Å². The van der Waals surface area contributed by atoms with Gasteiger partial charge in [0.15, 0.2) is 0 Å². The number of halogens is 1. The fourth-order valence-electron chi connectivity index (χ4n) is 4.82. The van der Waals surface area contributed by atoms with Gasteiger partial charge in [-0.1, -0.05) is 63.9 Å². The summed E-state index contributed by atoms with van der Waals surface area (Å²) in [5.74, 6) is 1.12. The molecule has 0 amide bonds. The summed E-state index contributed by atoms with van der Waals surface area (Å²) in [6.07, 6.45) is 3.79. The lowest BCUT2D eigenvalue weighted by Crippen LogP contribution is -2.02. The second-order valence-corrected chi connectivity index (χ2v) is 9.06. The minimum Gasteiger partial charge on any atom is -0.355 e. The topological polar surface area (TPSA) is 15.8 Å². The molecule has 0 saturated carbocycles. The summed E-state index contributed by atoms with van der Waals surface area (Å²) in [5, 5.41) is 1.20. The molecule has 3 aromatic carbocycles. The third kappa shape index (κ3) is 4.58. The Morgan fingerprint density at radius 2 is 1.68 bits per heavy atom. The molecule has 0 saturated heterocycles. The van der Waals surface area contributed by atoms with Gasteiger partial charge in [0.05, 0.1) is 0 Å². The molecule has 1 N–H and O–H groups in total. The predicted octanol–water partition coefficient (Wildman–Crippen LogP) is 8.88. The van der Waals surface area contributed by atoms with E-state index in [2.05, 4.69) is 75.1 Å². The lowest BCUT2D eigenvalue weighted by Gasteiger charge is -2.19. The zero-order valence-electron chi connectivity index (χ0n) is 19.0. The van der Waals surface area contributed by atoms with Crippen molar-refractivity contribution in [2.45, 2.75) is 52.9 Å². The first-order valence-electron chi connectivity index (χ1n) is 11.4. The number of rotatable bonds is 7. The Morgan fingerprint density at radius 3 is 2.39 bits per heavy atom. The molecule has 0 radical (unpaired) electrons. The Bertz CT molecular complexity index is 1170. The molecule has 0 aliphatic rings. The van der Waals surface area contributed by atoms with E-state index in [-0.39, 0.29) is 5.82 Å². The Morgan fingerprint density at radius 1 is 0.903 bits per heavy atom. The predicted molar refractivity (Wildman–Crippen MR) is 131 cm³/mol. The van der Waals surface area contributed by atoms with Crippen molar-refractivity contribution in [3.63, 3.8) is 0 Å². The van der Waals surface area contributed by atoms with Crippen molar-refractivity contribution in [1.82, 2.24) is 4.98 Å². The highest BCUT2D eigenvalue weighted by Crippen LogP contribution is 2.35. The Hall–Kier alpha value is -2.87. The van der Waals surface area contributed by atoms with Gasteiger partial charge in [0.1, 0.15) is 5.82 Å². The largest absolute Gasteiger partial charge is 0.355 e. The van der Waals surface area contributed by atoms with Gasteiger partial charge in [-0.15, -0.1) is 0 Å². The fraction of sp³-hybridized carbons (Fsp3) is 0.310. The molecule has 160 valence electrons. The molecule has 2 heteroatoms. The third-order valence-electron chi connectivity index (χ3n) is 6.47. The zero-order valence-corrected chi connectivity index (χ0v) is 19.0. The number of aromatic nitrogens is 1. The number of hydrogen-bond acceptors (Lipinski definition) is 0. The number of fused-ring (bicyclic) bond motifs is 1. The van der Waals surface area contributed by atoms with Crippen molar-refractivity contribution in [3.8, 4) is 22.4 Å². The van der Waals surface area contributed by atoms with Crippen molar-refractivity contribution in [2.75, 3.05) is 0 Å². The van der Waals surface area contributed by atoms with Gasteiger partial charge in [0.25, 0.3) is 0 Å². The molecule has 0 fully saturated rings. The second kappa shape index (κ2) is 9.09. The van der Waals surface area contributed by atoms with Crippen LogP contribution in [0.15, 0.2) is 66.7 Å². The third-order valence-corrected chi connectivity index (χ3v) is 6.47. The molecule has 31 heavy (non-hydrogen) atoms. The van der Waals surface area contributed by atoms with Gasteiger partial charge < -0.3 is 4.98 Å². The van der Waals surface area contributed by atoms with E-state index < -0.39 is 0 Å². The van der Waals surface area contributed by atoms with E-state index in [0.717, 1.165) is 22.7 Å². The first-order chi connectivity index (χ1) is 15.0. The van der Waals surface area contributed by atoms with Gasteiger partial charge in [-0.05, 0) is 89.4 Å². The zero-order chi connectivity index (χ0) is 22.0. The molecule has 1 nitrogen and oxygen atoms in total. The maximum atomic E-state index is 13.3. The minimum atomic E-state index is -0.213. The first-order valence-corrected chi connectivity index (χ1v) is 11.4. The molecular weight excluding hydrogens is 381 g/mol. The fourth-order valence-corrected chi connectivity index (χ4v) is 4.82. The van der Waals surface area contributed by atoms with Crippen LogP contribution in [0.1, 0.15) is 57.1 Å². The SMILES string of the molecule is CCCC(C)CC(C)c1ccc(-c2cccc3[nH]c(-c4ccc(F)cc4)cc23)c(C)c1. The Kier molecular flexibility index (Phi) is 6.27. The maximum absolute atomic E-state index is 13.3. The van der Waals surface area contributed by atoms with E-state index >= 15 is 0 Å². The summed E-state index contributed by atoms with van der Waals surface area (Å²) in [4.78, 5) is 3.50. The lowest BCUT2D eigenvalue weighted by molar-refractivity contribution is 0.449. The normalized spacial score (nSPS) is 13.5. The molecule has 0 spiro atoms. The summed E-state index contributed by atoms with van der Waals surface area (Å²) >= 11 is 0. The van der Waals surface area contributed by atoms with Crippen LogP contribution in [0.4, 0.5) is 4.39 Å². The van der Waals surface area contributed by atoms with Crippen LogP contribution in [0, 0.1) is 18.7 Å². The van der Waals surface area contributed by atoms with Crippen LogP contribution in [0.3, 0.4) is 0 Å². The molecule has 2 unspecified atom stereocenters. The summed E-state index contributed by atoms with van der Waals surface area (Å²) in [5.41, 5.74) is 8.34. The van der Waals surface area contributed by atoms with Crippen molar-refractivity contribution >= 4 is 10.9 Å². The summed E-state index contributed by atoms with van der Waals surface area (Å²) < 4.78 is 13.3. The Balaban J connectivity index is 1.67. The minimum absolute atomic E-state index is 0.213. The summed E-state index contributed by atoms with van der Waals surface area (Å²) in [6.45, 7) is 9.20. The van der Waals surface area contributed by atoms with E-state index in [0.29, 0.717) is 5.92 Å². The van der Waals surface area contributed by atoms with E-state index in [1.807, 2.05) is 12.1 Å². The van der Waals surface area contributed by atoms with Crippen molar-refractivity contribution in [2.24, 2.45) is 5.92 Å². The van der Waals surface area contributed by atoms with E-state index in [1.54, 1.807) is 0 Å². The summed E-state index contributed by atoms with van der Waals surface area (Å²) in [7, 11) is 0. The lowest BCUT2D eigenvalue weighted by atomic mass is 9.86. The van der Waals surface area contributed by atoms with Crippen LogP contribution >= 0.6 is 0 Å². The second-order valence-electron chi connectivity index (χ2n) is 9.06. The molecule has 2 atom stereocenters. The molecule has 1 heterocycles. The van der Waals surface area contributed by atoms with Gasteiger partial charge in [-0.3, -0.25) is 0 Å². The number of nitrogens with one attached hydrogen (secondary N) is 1. The van der Waals surface area contributed by atoms with E-state index in [4.69, 9.17) is 0 Å². The van der Waals surface area contributed by atoms with Gasteiger partial charge in [0.2, 0.25) is 0 Å². The highest BCUT2D eigenvalue weighted by molar-refractivity contribution is 5.98. The number of aryl methyl sites for hydroxylation is 1. The van der Waals surface area contributed by atoms with Gasteiger partial charge in [-0.2, -0.15) is 0 Å². The maximum Gasteiger partial charge on any atom is 0.123 e. The smallest absolute Gasteiger partial charge is 0.123 e. The van der Waals surface area contributed by atoms with E-state index in [9.17, 15) is 4.39 Å². The van der Waals surface area contributed by atoms with E-state index in [1.165, 1.54) is 59.0 Å². The van der Waals surface area contributed by atoms with Gasteiger partial charge in [0, 0.05) is 16.6 Å². The quantitative estimate of drug-likeness (QED) is 0.311. The molecule has 0 aliphatic carbocycles. The average Bonchev–Trinajstić information content (AvgIpc) is 3.19. The van der Waals surface area contributed by atoms with Gasteiger partial charge in [-0.25, -0.2) is 4.39 Å². The highest BCUT2D eigenvalue weighted by Gasteiger charge is 2.14. The molecule has 4 aromatic rings. The first kappa shape index (κ1) is 21.4. The van der Waals surface area contributed by atoms with Crippen LogP contribution in [-0.2, 0) is 0 Å². The molecule has 0 aliphatic heterocycles. The van der Waals surface area contributed by atoms with Crippen LogP contribution in [0.5, 0.6) is 0 Å².